The van der Waals surface area contributed by atoms with Gasteiger partial charge in [-0.05, 0) is 48.3 Å². The monoisotopic (exact) mass is 310 g/mol. The average molecular weight is 310 g/mol. The van der Waals surface area contributed by atoms with E-state index in [9.17, 15) is 8.42 Å². The smallest absolute Gasteiger partial charge is 0.240 e. The molecule has 1 aliphatic rings. The molecule has 1 aromatic carbocycles. The van der Waals surface area contributed by atoms with Gasteiger partial charge in [0.05, 0.1) is 4.90 Å². The number of aryl methyl sites for hydroxylation is 1. The molecule has 0 unspecified atom stereocenters. The summed E-state index contributed by atoms with van der Waals surface area (Å²) in [5, 5.41) is 0. The van der Waals surface area contributed by atoms with Crippen molar-refractivity contribution >= 4 is 10.0 Å². The van der Waals surface area contributed by atoms with Crippen LogP contribution in [0, 0.1) is 5.41 Å². The Morgan fingerprint density at radius 2 is 2.00 bits per heavy atom. The molecule has 1 saturated carbocycles. The molecule has 0 aliphatic heterocycles. The minimum Gasteiger partial charge on any atom is -0.326 e. The number of hydrogen-bond acceptors (Lipinski definition) is 3. The molecular weight excluding hydrogens is 284 g/mol. The van der Waals surface area contributed by atoms with Crippen molar-refractivity contribution in [2.75, 3.05) is 6.54 Å². The number of benzene rings is 1. The minimum atomic E-state index is -3.46. The quantitative estimate of drug-likeness (QED) is 0.813. The Hall–Kier alpha value is -0.910. The molecule has 21 heavy (non-hydrogen) atoms. The lowest BCUT2D eigenvalue weighted by atomic mass is 9.67. The van der Waals surface area contributed by atoms with E-state index in [2.05, 4.69) is 11.6 Å². The van der Waals surface area contributed by atoms with Gasteiger partial charge < -0.3 is 5.73 Å². The summed E-state index contributed by atoms with van der Waals surface area (Å²) in [6.45, 7) is 5.00. The molecule has 0 bridgehead atoms. The normalized spacial score (nSPS) is 17.5. The standard InChI is InChI=1S/C16H26N2O2S/c1-3-14-7-6-13(11-17)10-15(14)21(19,20)18-12-16(4-2)8-5-9-16/h6-7,10,18H,3-5,8-9,11-12,17H2,1-2H3. The second-order valence-corrected chi connectivity index (χ2v) is 7.77. The number of nitrogens with two attached hydrogens (primary N) is 1. The van der Waals surface area contributed by atoms with E-state index in [1.807, 2.05) is 19.1 Å². The van der Waals surface area contributed by atoms with Gasteiger partial charge in [-0.15, -0.1) is 0 Å². The minimum absolute atomic E-state index is 0.172. The fourth-order valence-electron chi connectivity index (χ4n) is 2.93. The van der Waals surface area contributed by atoms with Crippen LogP contribution < -0.4 is 10.5 Å². The van der Waals surface area contributed by atoms with Gasteiger partial charge in [0.15, 0.2) is 0 Å². The summed E-state index contributed by atoms with van der Waals surface area (Å²) in [4.78, 5) is 0.388. The van der Waals surface area contributed by atoms with E-state index in [0.29, 0.717) is 24.4 Å². The molecule has 0 heterocycles. The van der Waals surface area contributed by atoms with Gasteiger partial charge in [-0.3, -0.25) is 0 Å². The van der Waals surface area contributed by atoms with E-state index < -0.39 is 10.0 Å². The van der Waals surface area contributed by atoms with Gasteiger partial charge in [-0.1, -0.05) is 32.4 Å². The van der Waals surface area contributed by atoms with Crippen LogP contribution in [0.25, 0.3) is 0 Å². The van der Waals surface area contributed by atoms with Crippen molar-refractivity contribution in [2.24, 2.45) is 11.1 Å². The third-order valence-electron chi connectivity index (χ3n) is 4.84. The molecule has 0 atom stereocenters. The highest BCUT2D eigenvalue weighted by Crippen LogP contribution is 2.43. The van der Waals surface area contributed by atoms with E-state index in [-0.39, 0.29) is 5.41 Å². The van der Waals surface area contributed by atoms with Crippen LogP contribution >= 0.6 is 0 Å². The van der Waals surface area contributed by atoms with Crippen LogP contribution in [0.3, 0.4) is 0 Å². The first-order valence-corrected chi connectivity index (χ1v) is 9.26. The summed E-state index contributed by atoms with van der Waals surface area (Å²) in [5.74, 6) is 0. The van der Waals surface area contributed by atoms with E-state index in [0.717, 1.165) is 30.4 Å². The fraction of sp³-hybridized carbons (Fsp3) is 0.625. The summed E-state index contributed by atoms with van der Waals surface area (Å²) in [7, 11) is -3.46. The third kappa shape index (κ3) is 3.47. The second-order valence-electron chi connectivity index (χ2n) is 6.03. The first-order valence-electron chi connectivity index (χ1n) is 7.78. The van der Waals surface area contributed by atoms with Gasteiger partial charge in [0, 0.05) is 13.1 Å². The van der Waals surface area contributed by atoms with Gasteiger partial charge in [0.2, 0.25) is 10.0 Å². The zero-order valence-corrected chi connectivity index (χ0v) is 13.8. The Balaban J connectivity index is 2.22. The molecule has 1 fully saturated rings. The van der Waals surface area contributed by atoms with Crippen LogP contribution in [0.2, 0.25) is 0 Å². The third-order valence-corrected chi connectivity index (χ3v) is 6.32. The summed E-state index contributed by atoms with van der Waals surface area (Å²) in [6.07, 6.45) is 5.17. The molecule has 0 spiro atoms. The molecule has 2 rings (SSSR count). The second kappa shape index (κ2) is 6.46. The molecular formula is C16H26N2O2S. The predicted octanol–water partition coefficient (Wildman–Crippen LogP) is 2.57. The molecule has 3 N–H and O–H groups in total. The summed E-state index contributed by atoms with van der Waals surface area (Å²) in [6, 6.07) is 5.48. The van der Waals surface area contributed by atoms with Crippen LogP contribution in [0.1, 0.15) is 50.7 Å². The largest absolute Gasteiger partial charge is 0.326 e. The van der Waals surface area contributed by atoms with Crippen molar-refractivity contribution in [3.8, 4) is 0 Å². The van der Waals surface area contributed by atoms with E-state index in [1.54, 1.807) is 6.07 Å². The number of sulfonamides is 1. The van der Waals surface area contributed by atoms with Crippen molar-refractivity contribution in [1.82, 2.24) is 4.72 Å². The average Bonchev–Trinajstić information content (AvgIpc) is 2.45. The molecule has 0 saturated heterocycles. The van der Waals surface area contributed by atoms with Crippen LogP contribution in [0.5, 0.6) is 0 Å². The molecule has 0 radical (unpaired) electrons. The highest BCUT2D eigenvalue weighted by atomic mass is 32.2. The van der Waals surface area contributed by atoms with Crippen molar-refractivity contribution in [2.45, 2.75) is 57.4 Å². The first-order chi connectivity index (χ1) is 9.96. The highest BCUT2D eigenvalue weighted by Gasteiger charge is 2.36. The van der Waals surface area contributed by atoms with E-state index in [4.69, 9.17) is 5.73 Å². The Morgan fingerprint density at radius 1 is 1.29 bits per heavy atom. The van der Waals surface area contributed by atoms with Crippen molar-refractivity contribution in [3.05, 3.63) is 29.3 Å². The van der Waals surface area contributed by atoms with Gasteiger partial charge in [0.25, 0.3) is 0 Å². The lowest BCUT2D eigenvalue weighted by Gasteiger charge is -2.41. The van der Waals surface area contributed by atoms with Crippen LogP contribution in [-0.2, 0) is 23.0 Å². The Bertz CT molecular complexity index is 587. The first kappa shape index (κ1) is 16.5. The maximum atomic E-state index is 12.6. The number of nitrogens with one attached hydrogen (secondary N) is 1. The number of rotatable bonds is 7. The Morgan fingerprint density at radius 3 is 2.48 bits per heavy atom. The summed E-state index contributed by atoms with van der Waals surface area (Å²) < 4.78 is 28.1. The van der Waals surface area contributed by atoms with Crippen LogP contribution in [0.4, 0.5) is 0 Å². The molecule has 118 valence electrons. The summed E-state index contributed by atoms with van der Waals surface area (Å²) >= 11 is 0. The zero-order valence-electron chi connectivity index (χ0n) is 13.0. The number of hydrogen-bond donors (Lipinski definition) is 2. The molecule has 0 aromatic heterocycles. The molecule has 5 heteroatoms. The fourth-order valence-corrected chi connectivity index (χ4v) is 4.44. The maximum Gasteiger partial charge on any atom is 0.240 e. The molecule has 1 aromatic rings. The zero-order chi connectivity index (χ0) is 15.5. The van der Waals surface area contributed by atoms with E-state index >= 15 is 0 Å². The molecule has 0 amide bonds. The highest BCUT2D eigenvalue weighted by molar-refractivity contribution is 7.89. The summed E-state index contributed by atoms with van der Waals surface area (Å²) in [5.41, 5.74) is 7.50. The lowest BCUT2D eigenvalue weighted by Crippen LogP contribution is -2.41. The van der Waals surface area contributed by atoms with Crippen molar-refractivity contribution < 1.29 is 8.42 Å². The van der Waals surface area contributed by atoms with Gasteiger partial charge in [-0.2, -0.15) is 0 Å². The molecule has 4 nitrogen and oxygen atoms in total. The van der Waals surface area contributed by atoms with Gasteiger partial charge in [-0.25, -0.2) is 13.1 Å². The van der Waals surface area contributed by atoms with Crippen LogP contribution in [0.15, 0.2) is 23.1 Å². The predicted molar refractivity (Wildman–Crippen MR) is 85.5 cm³/mol. The van der Waals surface area contributed by atoms with E-state index in [1.165, 1.54) is 6.42 Å². The molecule has 1 aliphatic carbocycles. The topological polar surface area (TPSA) is 72.2 Å². The lowest BCUT2D eigenvalue weighted by molar-refractivity contribution is 0.133. The van der Waals surface area contributed by atoms with Gasteiger partial charge >= 0.3 is 0 Å². The maximum absolute atomic E-state index is 12.6. The van der Waals surface area contributed by atoms with Crippen molar-refractivity contribution in [1.29, 1.82) is 0 Å². The SMILES string of the molecule is CCc1ccc(CN)cc1S(=O)(=O)NCC1(CC)CCC1. The van der Waals surface area contributed by atoms with Crippen molar-refractivity contribution in [3.63, 3.8) is 0 Å². The van der Waals surface area contributed by atoms with Gasteiger partial charge in [0.1, 0.15) is 0 Å². The Kier molecular flexibility index (Phi) is 5.07. The Labute approximate surface area is 128 Å². The van der Waals surface area contributed by atoms with Crippen LogP contribution in [-0.4, -0.2) is 15.0 Å².